The van der Waals surface area contributed by atoms with Crippen LogP contribution in [0.2, 0.25) is 0 Å². The zero-order chi connectivity index (χ0) is 17.5. The molecule has 24 heavy (non-hydrogen) atoms. The SMILES string of the molecule is COC(=O)c1cccc(COC(=O)c2ccc(SC)cc2OC)c1. The first kappa shape index (κ1) is 17.9. The van der Waals surface area contributed by atoms with Gasteiger partial charge in [-0.3, -0.25) is 0 Å². The van der Waals surface area contributed by atoms with Gasteiger partial charge in [0.1, 0.15) is 17.9 Å². The van der Waals surface area contributed by atoms with E-state index in [1.165, 1.54) is 14.2 Å². The van der Waals surface area contributed by atoms with Gasteiger partial charge in [0.05, 0.1) is 19.8 Å². The van der Waals surface area contributed by atoms with Gasteiger partial charge in [0, 0.05) is 4.90 Å². The molecule has 0 bridgehead atoms. The lowest BCUT2D eigenvalue weighted by molar-refractivity contribution is 0.0469. The topological polar surface area (TPSA) is 61.8 Å². The molecule has 0 aliphatic heterocycles. The van der Waals surface area contributed by atoms with Gasteiger partial charge in [-0.25, -0.2) is 9.59 Å². The second-order valence-corrected chi connectivity index (χ2v) is 5.71. The monoisotopic (exact) mass is 346 g/mol. The van der Waals surface area contributed by atoms with Gasteiger partial charge < -0.3 is 14.2 Å². The van der Waals surface area contributed by atoms with Crippen LogP contribution in [0.1, 0.15) is 26.3 Å². The van der Waals surface area contributed by atoms with E-state index in [1.807, 2.05) is 12.3 Å². The maximum atomic E-state index is 12.3. The van der Waals surface area contributed by atoms with Crippen LogP contribution in [-0.4, -0.2) is 32.4 Å². The summed E-state index contributed by atoms with van der Waals surface area (Å²) in [5, 5.41) is 0. The molecule has 6 heteroatoms. The quantitative estimate of drug-likeness (QED) is 0.589. The Hall–Kier alpha value is -2.47. The number of esters is 2. The van der Waals surface area contributed by atoms with Crippen molar-refractivity contribution in [1.29, 1.82) is 0 Å². The van der Waals surface area contributed by atoms with E-state index >= 15 is 0 Å². The Bertz CT molecular complexity index is 742. The molecular weight excluding hydrogens is 328 g/mol. The third-order valence-corrected chi connectivity index (χ3v) is 4.07. The summed E-state index contributed by atoms with van der Waals surface area (Å²) in [5.74, 6) is -0.448. The zero-order valence-corrected chi connectivity index (χ0v) is 14.5. The highest BCUT2D eigenvalue weighted by molar-refractivity contribution is 7.98. The van der Waals surface area contributed by atoms with E-state index in [0.29, 0.717) is 22.4 Å². The van der Waals surface area contributed by atoms with Crippen LogP contribution in [0.5, 0.6) is 5.75 Å². The summed E-state index contributed by atoms with van der Waals surface area (Å²) in [6.45, 7) is 0.0527. The number of rotatable bonds is 6. The number of hydrogen-bond donors (Lipinski definition) is 0. The third kappa shape index (κ3) is 4.29. The van der Waals surface area contributed by atoms with Gasteiger partial charge in [0.2, 0.25) is 0 Å². The Labute approximate surface area is 144 Å². The van der Waals surface area contributed by atoms with E-state index in [4.69, 9.17) is 9.47 Å². The molecule has 126 valence electrons. The Morgan fingerprint density at radius 3 is 2.50 bits per heavy atom. The molecule has 5 nitrogen and oxygen atoms in total. The van der Waals surface area contributed by atoms with Crippen molar-refractivity contribution in [1.82, 2.24) is 0 Å². The number of ether oxygens (including phenoxy) is 3. The maximum Gasteiger partial charge on any atom is 0.342 e. The average Bonchev–Trinajstić information content (AvgIpc) is 2.64. The summed E-state index contributed by atoms with van der Waals surface area (Å²) in [7, 11) is 2.83. The van der Waals surface area contributed by atoms with E-state index in [-0.39, 0.29) is 6.61 Å². The molecule has 0 unspecified atom stereocenters. The Balaban J connectivity index is 2.10. The Morgan fingerprint density at radius 2 is 1.83 bits per heavy atom. The Morgan fingerprint density at radius 1 is 1.04 bits per heavy atom. The lowest BCUT2D eigenvalue weighted by atomic mass is 10.1. The highest BCUT2D eigenvalue weighted by atomic mass is 32.2. The fourth-order valence-electron chi connectivity index (χ4n) is 2.10. The van der Waals surface area contributed by atoms with Crippen molar-refractivity contribution < 1.29 is 23.8 Å². The van der Waals surface area contributed by atoms with E-state index < -0.39 is 11.9 Å². The summed E-state index contributed by atoms with van der Waals surface area (Å²) >= 11 is 1.56. The van der Waals surface area contributed by atoms with E-state index in [2.05, 4.69) is 4.74 Å². The number of carbonyl (C=O) groups excluding carboxylic acids is 2. The fraction of sp³-hybridized carbons (Fsp3) is 0.222. The van der Waals surface area contributed by atoms with Gasteiger partial charge in [-0.15, -0.1) is 11.8 Å². The first-order chi connectivity index (χ1) is 11.6. The minimum Gasteiger partial charge on any atom is -0.496 e. The first-order valence-electron chi connectivity index (χ1n) is 7.15. The molecule has 0 aliphatic rings. The predicted molar refractivity (Wildman–Crippen MR) is 91.7 cm³/mol. The molecular formula is C18H18O5S. The largest absolute Gasteiger partial charge is 0.496 e. The first-order valence-corrected chi connectivity index (χ1v) is 8.38. The third-order valence-electron chi connectivity index (χ3n) is 3.35. The molecule has 0 saturated carbocycles. The number of hydrogen-bond acceptors (Lipinski definition) is 6. The normalized spacial score (nSPS) is 10.1. The molecule has 0 aliphatic carbocycles. The zero-order valence-electron chi connectivity index (χ0n) is 13.7. The second-order valence-electron chi connectivity index (χ2n) is 4.83. The lowest BCUT2D eigenvalue weighted by Crippen LogP contribution is -2.08. The molecule has 0 fully saturated rings. The average molecular weight is 346 g/mol. The van der Waals surface area contributed by atoms with Crippen LogP contribution in [0.3, 0.4) is 0 Å². The molecule has 0 amide bonds. The van der Waals surface area contributed by atoms with Gasteiger partial charge in [0.15, 0.2) is 0 Å². The summed E-state index contributed by atoms with van der Waals surface area (Å²) in [6, 6.07) is 12.1. The van der Waals surface area contributed by atoms with Crippen molar-refractivity contribution >= 4 is 23.7 Å². The molecule has 0 heterocycles. The van der Waals surface area contributed by atoms with Gasteiger partial charge in [-0.1, -0.05) is 12.1 Å². The number of benzene rings is 2. The van der Waals surface area contributed by atoms with Crippen molar-refractivity contribution in [3.63, 3.8) is 0 Å². The van der Waals surface area contributed by atoms with E-state index in [9.17, 15) is 9.59 Å². The van der Waals surface area contributed by atoms with Crippen LogP contribution >= 0.6 is 11.8 Å². The van der Waals surface area contributed by atoms with Gasteiger partial charge >= 0.3 is 11.9 Å². The lowest BCUT2D eigenvalue weighted by Gasteiger charge is -2.10. The molecule has 0 radical (unpaired) electrons. The summed E-state index contributed by atoms with van der Waals surface area (Å²) in [5.41, 5.74) is 1.47. The highest BCUT2D eigenvalue weighted by Crippen LogP contribution is 2.26. The van der Waals surface area contributed by atoms with Crippen molar-refractivity contribution in [3.05, 3.63) is 59.2 Å². The predicted octanol–water partition coefficient (Wildman–Crippen LogP) is 3.56. The van der Waals surface area contributed by atoms with Gasteiger partial charge in [-0.05, 0) is 42.2 Å². The molecule has 2 aromatic carbocycles. The minimum atomic E-state index is -0.483. The minimum absolute atomic E-state index is 0.0527. The molecule has 0 aromatic heterocycles. The standard InChI is InChI=1S/C18H18O5S/c1-21-16-10-14(24-3)7-8-15(16)18(20)23-11-12-5-4-6-13(9-12)17(19)22-2/h4-10H,11H2,1-3H3. The van der Waals surface area contributed by atoms with Crippen molar-refractivity contribution in [2.75, 3.05) is 20.5 Å². The molecule has 0 spiro atoms. The molecule has 0 atom stereocenters. The summed E-state index contributed by atoms with van der Waals surface area (Å²) < 4.78 is 15.2. The maximum absolute atomic E-state index is 12.3. The van der Waals surface area contributed by atoms with Gasteiger partial charge in [0.25, 0.3) is 0 Å². The fourth-order valence-corrected chi connectivity index (χ4v) is 2.53. The van der Waals surface area contributed by atoms with Crippen LogP contribution in [0.4, 0.5) is 0 Å². The number of thioether (sulfide) groups is 1. The van der Waals surface area contributed by atoms with E-state index in [0.717, 1.165) is 4.90 Å². The highest BCUT2D eigenvalue weighted by Gasteiger charge is 2.15. The van der Waals surface area contributed by atoms with Crippen molar-refractivity contribution in [2.45, 2.75) is 11.5 Å². The van der Waals surface area contributed by atoms with Gasteiger partial charge in [-0.2, -0.15) is 0 Å². The van der Waals surface area contributed by atoms with Crippen LogP contribution in [0.15, 0.2) is 47.4 Å². The molecule has 0 saturated heterocycles. The smallest absolute Gasteiger partial charge is 0.342 e. The van der Waals surface area contributed by atoms with Crippen LogP contribution in [0, 0.1) is 0 Å². The summed E-state index contributed by atoms with van der Waals surface area (Å²) in [4.78, 5) is 24.8. The second kappa shape index (κ2) is 8.40. The van der Waals surface area contributed by atoms with Crippen molar-refractivity contribution in [2.24, 2.45) is 0 Å². The number of methoxy groups -OCH3 is 2. The van der Waals surface area contributed by atoms with Crippen molar-refractivity contribution in [3.8, 4) is 5.75 Å². The molecule has 2 rings (SSSR count). The molecule has 2 aromatic rings. The molecule has 0 N–H and O–H groups in total. The van der Waals surface area contributed by atoms with Crippen LogP contribution in [0.25, 0.3) is 0 Å². The number of carbonyl (C=O) groups is 2. The van der Waals surface area contributed by atoms with Crippen LogP contribution in [-0.2, 0) is 16.1 Å². The summed E-state index contributed by atoms with van der Waals surface area (Å²) in [6.07, 6.45) is 1.95. The van der Waals surface area contributed by atoms with E-state index in [1.54, 1.807) is 48.2 Å². The van der Waals surface area contributed by atoms with Crippen LogP contribution < -0.4 is 4.74 Å². The Kier molecular flexibility index (Phi) is 6.26.